The molecule has 1 N–H and O–H groups in total. The number of nitrogens with one attached hydrogen (secondary N) is 1. The van der Waals surface area contributed by atoms with E-state index in [-0.39, 0.29) is 0 Å². The Labute approximate surface area is 110 Å². The van der Waals surface area contributed by atoms with Gasteiger partial charge in [0.2, 0.25) is 0 Å². The van der Waals surface area contributed by atoms with E-state index in [2.05, 4.69) is 5.32 Å². The van der Waals surface area contributed by atoms with E-state index in [1.165, 1.54) is 0 Å². The summed E-state index contributed by atoms with van der Waals surface area (Å²) in [4.78, 5) is 11.4. The quantitative estimate of drug-likeness (QED) is 0.657. The summed E-state index contributed by atoms with van der Waals surface area (Å²) < 4.78 is 0. The van der Waals surface area contributed by atoms with Crippen molar-refractivity contribution in [3.8, 4) is 0 Å². The van der Waals surface area contributed by atoms with Gasteiger partial charge in [-0.3, -0.25) is 4.79 Å². The van der Waals surface area contributed by atoms with Gasteiger partial charge in [0.25, 0.3) is 5.24 Å². The summed E-state index contributed by atoms with van der Waals surface area (Å²) in [6.07, 6.45) is 3.90. The molecule has 3 heteroatoms. The molecule has 1 aliphatic rings. The van der Waals surface area contributed by atoms with Gasteiger partial charge in [-0.1, -0.05) is 36.4 Å². The Bertz CT molecular complexity index is 661. The molecular weight excluding hydrogens is 246 g/mol. The number of fused-ring (bicyclic) bond motifs is 2. The van der Waals surface area contributed by atoms with E-state index >= 15 is 0 Å². The van der Waals surface area contributed by atoms with Crippen LogP contribution in [-0.4, -0.2) is 5.24 Å². The van der Waals surface area contributed by atoms with E-state index in [4.69, 9.17) is 11.6 Å². The number of para-hydroxylation sites is 1. The summed E-state index contributed by atoms with van der Waals surface area (Å²) in [5.74, 6) is 0. The first kappa shape index (κ1) is 11.1. The Hall–Kier alpha value is -2.06. The van der Waals surface area contributed by atoms with Crippen molar-refractivity contribution in [2.45, 2.75) is 0 Å². The molecule has 0 saturated carbocycles. The van der Waals surface area contributed by atoms with Crippen molar-refractivity contribution in [2.75, 3.05) is 5.32 Å². The number of rotatable bonds is 1. The molecule has 0 aliphatic carbocycles. The predicted octanol–water partition coefficient (Wildman–Crippen LogP) is 4.29. The molecule has 2 aromatic carbocycles. The van der Waals surface area contributed by atoms with Crippen LogP contribution in [-0.2, 0) is 0 Å². The fraction of sp³-hybridized carbons (Fsp3) is 0. The third kappa shape index (κ3) is 1.81. The largest absolute Gasteiger partial charge is 0.355 e. The molecule has 88 valence electrons. The number of halogens is 1. The van der Waals surface area contributed by atoms with E-state index < -0.39 is 5.24 Å². The first-order valence-electron chi connectivity index (χ1n) is 5.63. The van der Waals surface area contributed by atoms with Crippen molar-refractivity contribution in [1.82, 2.24) is 0 Å². The van der Waals surface area contributed by atoms with E-state index in [1.807, 2.05) is 48.6 Å². The minimum atomic E-state index is -0.441. The van der Waals surface area contributed by atoms with Gasteiger partial charge in [0.1, 0.15) is 0 Å². The zero-order chi connectivity index (χ0) is 12.5. The lowest BCUT2D eigenvalue weighted by atomic mass is 10.1. The standard InChI is InChI=1S/C15H10ClNO/c16-15(18)12-5-3-7-14-11(12)9-8-10-4-1-2-6-13(10)17-14/h1-9,17H. The number of hydrogen-bond donors (Lipinski definition) is 1. The zero-order valence-corrected chi connectivity index (χ0v) is 10.2. The molecule has 0 bridgehead atoms. The molecule has 0 amide bonds. The van der Waals surface area contributed by atoms with Gasteiger partial charge >= 0.3 is 0 Å². The second-order valence-electron chi connectivity index (χ2n) is 4.09. The van der Waals surface area contributed by atoms with E-state index in [0.717, 1.165) is 22.5 Å². The summed E-state index contributed by atoms with van der Waals surface area (Å²) in [6, 6.07) is 13.5. The highest BCUT2D eigenvalue weighted by molar-refractivity contribution is 6.68. The topological polar surface area (TPSA) is 29.1 Å². The maximum atomic E-state index is 11.4. The summed E-state index contributed by atoms with van der Waals surface area (Å²) in [7, 11) is 0. The van der Waals surface area contributed by atoms with Crippen LogP contribution in [0.1, 0.15) is 21.5 Å². The molecule has 2 aromatic rings. The fourth-order valence-electron chi connectivity index (χ4n) is 2.10. The third-order valence-corrected chi connectivity index (χ3v) is 3.18. The molecule has 0 fully saturated rings. The van der Waals surface area contributed by atoms with Crippen molar-refractivity contribution >= 4 is 40.4 Å². The summed E-state index contributed by atoms with van der Waals surface area (Å²) >= 11 is 5.60. The molecule has 18 heavy (non-hydrogen) atoms. The van der Waals surface area contributed by atoms with Crippen molar-refractivity contribution < 1.29 is 4.79 Å². The lowest BCUT2D eigenvalue weighted by Gasteiger charge is -2.10. The van der Waals surface area contributed by atoms with Crippen LogP contribution in [0.4, 0.5) is 11.4 Å². The molecule has 0 spiro atoms. The average molecular weight is 256 g/mol. The van der Waals surface area contributed by atoms with E-state index in [0.29, 0.717) is 5.56 Å². The fourth-order valence-corrected chi connectivity index (χ4v) is 2.26. The van der Waals surface area contributed by atoms with Crippen LogP contribution in [0.15, 0.2) is 42.5 Å². The molecule has 1 aliphatic heterocycles. The molecule has 3 rings (SSSR count). The monoisotopic (exact) mass is 255 g/mol. The van der Waals surface area contributed by atoms with Gasteiger partial charge in [-0.15, -0.1) is 0 Å². The van der Waals surface area contributed by atoms with Crippen molar-refractivity contribution in [3.05, 3.63) is 59.2 Å². The van der Waals surface area contributed by atoms with Crippen LogP contribution in [0.2, 0.25) is 0 Å². The van der Waals surface area contributed by atoms with Gasteiger partial charge in [0.05, 0.1) is 0 Å². The third-order valence-electron chi connectivity index (χ3n) is 2.98. The first-order valence-corrected chi connectivity index (χ1v) is 6.00. The molecule has 0 atom stereocenters. The molecular formula is C15H10ClNO. The summed E-state index contributed by atoms with van der Waals surface area (Å²) in [5.41, 5.74) is 4.34. The lowest BCUT2D eigenvalue weighted by Crippen LogP contribution is -1.98. The van der Waals surface area contributed by atoms with Crippen LogP contribution < -0.4 is 5.32 Å². The molecule has 0 aromatic heterocycles. The Morgan fingerprint density at radius 3 is 2.56 bits per heavy atom. The summed E-state index contributed by atoms with van der Waals surface area (Å²) in [6.45, 7) is 0. The van der Waals surface area contributed by atoms with Crippen LogP contribution in [0.3, 0.4) is 0 Å². The number of benzene rings is 2. The van der Waals surface area contributed by atoms with E-state index in [9.17, 15) is 4.79 Å². The maximum absolute atomic E-state index is 11.4. The minimum absolute atomic E-state index is 0.441. The molecule has 0 radical (unpaired) electrons. The molecule has 1 heterocycles. The van der Waals surface area contributed by atoms with Gasteiger partial charge in [0.15, 0.2) is 0 Å². The van der Waals surface area contributed by atoms with Crippen molar-refractivity contribution in [2.24, 2.45) is 0 Å². The Morgan fingerprint density at radius 2 is 1.72 bits per heavy atom. The second kappa shape index (κ2) is 4.31. The van der Waals surface area contributed by atoms with Gasteiger partial charge in [0, 0.05) is 22.5 Å². The second-order valence-corrected chi connectivity index (χ2v) is 4.43. The predicted molar refractivity (Wildman–Crippen MR) is 75.3 cm³/mol. The zero-order valence-electron chi connectivity index (χ0n) is 9.48. The van der Waals surface area contributed by atoms with Crippen LogP contribution in [0.25, 0.3) is 12.2 Å². The number of hydrogen-bond acceptors (Lipinski definition) is 2. The number of anilines is 2. The van der Waals surface area contributed by atoms with Crippen molar-refractivity contribution in [3.63, 3.8) is 0 Å². The number of carbonyl (C=O) groups excluding carboxylic acids is 1. The van der Waals surface area contributed by atoms with E-state index in [1.54, 1.807) is 6.07 Å². The maximum Gasteiger partial charge on any atom is 0.253 e. The Kier molecular flexibility index (Phi) is 2.65. The normalized spacial score (nSPS) is 12.1. The minimum Gasteiger partial charge on any atom is -0.355 e. The molecule has 2 nitrogen and oxygen atoms in total. The van der Waals surface area contributed by atoms with Crippen LogP contribution >= 0.6 is 11.6 Å². The Morgan fingerprint density at radius 1 is 0.944 bits per heavy atom. The van der Waals surface area contributed by atoms with Gasteiger partial charge in [-0.2, -0.15) is 0 Å². The highest BCUT2D eigenvalue weighted by Crippen LogP contribution is 2.32. The van der Waals surface area contributed by atoms with Gasteiger partial charge < -0.3 is 5.32 Å². The molecule has 0 unspecified atom stereocenters. The summed E-state index contributed by atoms with van der Waals surface area (Å²) in [5, 5.41) is 2.88. The van der Waals surface area contributed by atoms with Crippen LogP contribution in [0.5, 0.6) is 0 Å². The van der Waals surface area contributed by atoms with Gasteiger partial charge in [-0.25, -0.2) is 0 Å². The Balaban J connectivity index is 2.20. The van der Waals surface area contributed by atoms with Crippen LogP contribution in [0, 0.1) is 0 Å². The lowest BCUT2D eigenvalue weighted by molar-refractivity contribution is 0.108. The molecule has 0 saturated heterocycles. The highest BCUT2D eigenvalue weighted by atomic mass is 35.5. The average Bonchev–Trinajstić information content (AvgIpc) is 2.56. The first-order chi connectivity index (χ1) is 8.75. The number of carbonyl (C=O) groups is 1. The highest BCUT2D eigenvalue weighted by Gasteiger charge is 2.14. The smallest absolute Gasteiger partial charge is 0.253 e. The SMILES string of the molecule is O=C(Cl)c1cccc2c1C=Cc1ccccc1N2. The van der Waals surface area contributed by atoms with Gasteiger partial charge in [-0.05, 0) is 35.4 Å². The van der Waals surface area contributed by atoms with Crippen molar-refractivity contribution in [1.29, 1.82) is 0 Å².